The summed E-state index contributed by atoms with van der Waals surface area (Å²) in [5.41, 5.74) is 1.90. The highest BCUT2D eigenvalue weighted by atomic mass is 19.3. The first-order valence-electron chi connectivity index (χ1n) is 10.3. The Bertz CT molecular complexity index is 843. The third-order valence-electron chi connectivity index (χ3n) is 5.09. The number of nitrogens with zero attached hydrogens (tertiary/aromatic N) is 2. The van der Waals surface area contributed by atoms with Crippen LogP contribution in [-0.2, 0) is 4.79 Å². The zero-order valence-electron chi connectivity index (χ0n) is 17.6. The van der Waals surface area contributed by atoms with Crippen molar-refractivity contribution in [2.75, 3.05) is 18.0 Å². The van der Waals surface area contributed by atoms with E-state index in [1.54, 1.807) is 13.1 Å². The molecule has 5 nitrogen and oxygen atoms in total. The third-order valence-corrected chi connectivity index (χ3v) is 5.09. The number of rotatable bonds is 9. The van der Waals surface area contributed by atoms with E-state index in [2.05, 4.69) is 9.88 Å². The number of pyridine rings is 1. The molecule has 0 bridgehead atoms. The summed E-state index contributed by atoms with van der Waals surface area (Å²) in [6.07, 6.45) is -0.306. The van der Waals surface area contributed by atoms with Gasteiger partial charge in [-0.15, -0.1) is 0 Å². The van der Waals surface area contributed by atoms with Gasteiger partial charge in [-0.3, -0.25) is 4.79 Å². The number of alkyl halides is 2. The van der Waals surface area contributed by atoms with Crippen molar-refractivity contribution in [2.24, 2.45) is 0 Å². The van der Waals surface area contributed by atoms with Gasteiger partial charge in [0.15, 0.2) is 5.78 Å². The molecule has 1 unspecified atom stereocenters. The van der Waals surface area contributed by atoms with Crippen molar-refractivity contribution in [2.45, 2.75) is 58.2 Å². The van der Waals surface area contributed by atoms with Crippen molar-refractivity contribution in [3.8, 4) is 11.6 Å². The lowest BCUT2D eigenvalue weighted by molar-refractivity contribution is -0.129. The topological polar surface area (TPSA) is 51.7 Å². The number of carbonyl (C=O) groups excluding carboxylic acids is 1. The first kappa shape index (κ1) is 22.0. The van der Waals surface area contributed by atoms with Gasteiger partial charge in [-0.1, -0.05) is 19.1 Å². The minimum atomic E-state index is -2.91. The molecule has 1 aromatic carbocycles. The van der Waals surface area contributed by atoms with Gasteiger partial charge in [0.2, 0.25) is 5.88 Å². The number of anilines is 1. The second-order valence-corrected chi connectivity index (χ2v) is 7.93. The summed E-state index contributed by atoms with van der Waals surface area (Å²) >= 11 is 0. The molecule has 0 saturated carbocycles. The molecule has 1 fully saturated rings. The van der Waals surface area contributed by atoms with Crippen LogP contribution in [0.2, 0.25) is 0 Å². The van der Waals surface area contributed by atoms with Crippen LogP contribution in [0.5, 0.6) is 11.6 Å². The van der Waals surface area contributed by atoms with E-state index in [1.165, 1.54) is 0 Å². The molecular formula is C23H28F2N2O3. The number of hydrogen-bond donors (Lipinski definition) is 0. The molecule has 1 aliphatic rings. The van der Waals surface area contributed by atoms with Gasteiger partial charge >= 0.3 is 0 Å². The molecule has 0 spiro atoms. The van der Waals surface area contributed by atoms with Gasteiger partial charge < -0.3 is 14.4 Å². The lowest BCUT2D eigenvalue weighted by Crippen LogP contribution is -2.24. The Morgan fingerprint density at radius 3 is 2.60 bits per heavy atom. The largest absolute Gasteiger partial charge is 0.489 e. The molecule has 3 rings (SSSR count). The zero-order chi connectivity index (χ0) is 21.7. The molecule has 2 heterocycles. The smallest absolute Gasteiger partial charge is 0.296 e. The lowest BCUT2D eigenvalue weighted by atomic mass is 9.96. The van der Waals surface area contributed by atoms with Crippen LogP contribution in [0.15, 0.2) is 42.6 Å². The molecular weight excluding hydrogens is 390 g/mol. The SMILES string of the molecule is CC(C)Oc1cc(N2CCC(Oc3ccc([C@H](C)CC(=O)C(F)F)cc3)C2)ccn1. The summed E-state index contributed by atoms with van der Waals surface area (Å²) < 4.78 is 36.7. The molecule has 0 radical (unpaired) electrons. The fourth-order valence-electron chi connectivity index (χ4n) is 3.54. The van der Waals surface area contributed by atoms with Crippen LogP contribution in [0.1, 0.15) is 45.1 Å². The van der Waals surface area contributed by atoms with Crippen molar-refractivity contribution < 1.29 is 23.0 Å². The summed E-state index contributed by atoms with van der Waals surface area (Å²) in [5.74, 6) is 0.0712. The lowest BCUT2D eigenvalue weighted by Gasteiger charge is -2.20. The number of Topliss-reactive ketones (excluding diaryl/α,β-unsaturated/α-hetero) is 1. The summed E-state index contributed by atoms with van der Waals surface area (Å²) in [5, 5.41) is 0. The van der Waals surface area contributed by atoms with Crippen LogP contribution < -0.4 is 14.4 Å². The first-order chi connectivity index (χ1) is 14.3. The van der Waals surface area contributed by atoms with Crippen molar-refractivity contribution >= 4 is 11.5 Å². The molecule has 2 aromatic rings. The standard InChI is InChI=1S/C23H28F2N2O3/c1-15(2)29-22-13-18(8-10-26-22)27-11-9-20(14-27)30-19-6-4-17(5-7-19)16(3)12-21(28)23(24)25/h4-8,10,13,15-16,20,23H,9,11-12,14H2,1-3H3/t16-,20?/m1/s1. The minimum absolute atomic E-state index is 0.0521. The summed E-state index contributed by atoms with van der Waals surface area (Å²) in [7, 11) is 0. The molecule has 162 valence electrons. The van der Waals surface area contributed by atoms with Crippen molar-refractivity contribution in [1.29, 1.82) is 0 Å². The van der Waals surface area contributed by atoms with Crippen LogP contribution in [0.25, 0.3) is 0 Å². The molecule has 0 amide bonds. The molecule has 1 aliphatic heterocycles. The Hall–Kier alpha value is -2.70. The Kier molecular flexibility index (Phi) is 7.24. The Balaban J connectivity index is 1.55. The van der Waals surface area contributed by atoms with E-state index < -0.39 is 12.2 Å². The van der Waals surface area contributed by atoms with E-state index in [9.17, 15) is 13.6 Å². The third kappa shape index (κ3) is 5.90. The van der Waals surface area contributed by atoms with Gasteiger partial charge in [0.25, 0.3) is 6.43 Å². The number of benzene rings is 1. The van der Waals surface area contributed by atoms with Crippen LogP contribution in [0, 0.1) is 0 Å². The summed E-state index contributed by atoms with van der Waals surface area (Å²) in [4.78, 5) is 17.7. The predicted molar refractivity (Wildman–Crippen MR) is 112 cm³/mol. The predicted octanol–water partition coefficient (Wildman–Crippen LogP) is 4.85. The van der Waals surface area contributed by atoms with Crippen molar-refractivity contribution in [3.05, 3.63) is 48.2 Å². The maximum atomic E-state index is 12.4. The quantitative estimate of drug-likeness (QED) is 0.582. The van der Waals surface area contributed by atoms with E-state index in [1.807, 2.05) is 50.2 Å². The molecule has 1 saturated heterocycles. The van der Waals surface area contributed by atoms with E-state index in [-0.39, 0.29) is 24.5 Å². The Morgan fingerprint density at radius 1 is 1.20 bits per heavy atom. The highest BCUT2D eigenvalue weighted by Crippen LogP contribution is 2.27. The van der Waals surface area contributed by atoms with Gasteiger partial charge in [-0.05, 0) is 43.5 Å². The first-order valence-corrected chi connectivity index (χ1v) is 10.3. The minimum Gasteiger partial charge on any atom is -0.489 e. The molecule has 0 aliphatic carbocycles. The monoisotopic (exact) mass is 418 g/mol. The maximum Gasteiger partial charge on any atom is 0.296 e. The number of halogens is 2. The zero-order valence-corrected chi connectivity index (χ0v) is 17.6. The van der Waals surface area contributed by atoms with E-state index in [0.29, 0.717) is 5.88 Å². The van der Waals surface area contributed by atoms with Crippen LogP contribution >= 0.6 is 0 Å². The van der Waals surface area contributed by atoms with Crippen molar-refractivity contribution in [1.82, 2.24) is 4.98 Å². The van der Waals surface area contributed by atoms with Gasteiger partial charge in [0.05, 0.1) is 12.6 Å². The fourth-order valence-corrected chi connectivity index (χ4v) is 3.54. The molecule has 7 heteroatoms. The summed E-state index contributed by atoms with van der Waals surface area (Å²) in [6.45, 7) is 7.34. The number of ether oxygens (including phenoxy) is 2. The molecule has 0 N–H and O–H groups in total. The van der Waals surface area contributed by atoms with Gasteiger partial charge in [-0.2, -0.15) is 0 Å². The second-order valence-electron chi connectivity index (χ2n) is 7.93. The average Bonchev–Trinajstić information content (AvgIpc) is 3.16. The maximum absolute atomic E-state index is 12.4. The Labute approximate surface area is 176 Å². The fraction of sp³-hybridized carbons (Fsp3) is 0.478. The van der Waals surface area contributed by atoms with Gasteiger partial charge in [0.1, 0.15) is 11.9 Å². The van der Waals surface area contributed by atoms with E-state index in [0.717, 1.165) is 36.5 Å². The second kappa shape index (κ2) is 9.87. The molecule has 2 atom stereocenters. The van der Waals surface area contributed by atoms with Crippen LogP contribution in [0.3, 0.4) is 0 Å². The van der Waals surface area contributed by atoms with Gasteiger partial charge in [-0.25, -0.2) is 13.8 Å². The number of ketones is 1. The van der Waals surface area contributed by atoms with Crippen LogP contribution in [-0.4, -0.2) is 42.5 Å². The summed E-state index contributed by atoms with van der Waals surface area (Å²) in [6, 6.07) is 11.3. The molecule has 30 heavy (non-hydrogen) atoms. The average molecular weight is 418 g/mol. The van der Waals surface area contributed by atoms with E-state index >= 15 is 0 Å². The number of hydrogen-bond acceptors (Lipinski definition) is 5. The Morgan fingerprint density at radius 2 is 1.93 bits per heavy atom. The van der Waals surface area contributed by atoms with E-state index in [4.69, 9.17) is 9.47 Å². The van der Waals surface area contributed by atoms with Gasteiger partial charge in [0, 0.05) is 37.3 Å². The normalized spacial score (nSPS) is 17.4. The number of aromatic nitrogens is 1. The molecule has 1 aromatic heterocycles. The van der Waals surface area contributed by atoms with Crippen LogP contribution in [0.4, 0.5) is 14.5 Å². The van der Waals surface area contributed by atoms with Crippen molar-refractivity contribution in [3.63, 3.8) is 0 Å². The highest BCUT2D eigenvalue weighted by Gasteiger charge is 2.25. The number of carbonyl (C=O) groups is 1. The highest BCUT2D eigenvalue weighted by molar-refractivity contribution is 5.82.